The molecule has 78 valence electrons. The summed E-state index contributed by atoms with van der Waals surface area (Å²) in [4.78, 5) is 16.0. The quantitative estimate of drug-likeness (QED) is 0.734. The number of ether oxygens (including phenoxy) is 1. The molecule has 0 fully saturated rings. The number of benzene rings is 1. The van der Waals surface area contributed by atoms with Gasteiger partial charge in [-0.1, -0.05) is 18.5 Å². The van der Waals surface area contributed by atoms with Gasteiger partial charge in [0, 0.05) is 17.8 Å². The first kappa shape index (κ1) is 10.2. The molecule has 1 aromatic carbocycles. The Hall–Kier alpha value is -1.35. The van der Waals surface area contributed by atoms with E-state index in [0.717, 1.165) is 0 Å². The van der Waals surface area contributed by atoms with Crippen LogP contribution in [0.2, 0.25) is 5.02 Å². The van der Waals surface area contributed by atoms with E-state index in [1.54, 1.807) is 18.3 Å². The van der Waals surface area contributed by atoms with Crippen LogP contribution in [0.3, 0.4) is 0 Å². The molecule has 15 heavy (non-hydrogen) atoms. The van der Waals surface area contributed by atoms with Crippen molar-refractivity contribution in [2.45, 2.75) is 6.92 Å². The number of aliphatic imine (C=N–C) groups is 1. The van der Waals surface area contributed by atoms with Crippen LogP contribution in [0.4, 0.5) is 5.69 Å². The van der Waals surface area contributed by atoms with Gasteiger partial charge >= 0.3 is 0 Å². The molecule has 0 radical (unpaired) electrons. The van der Waals surface area contributed by atoms with Crippen molar-refractivity contribution in [3.8, 4) is 5.75 Å². The minimum absolute atomic E-state index is 0.0459. The lowest BCUT2D eigenvalue weighted by atomic mass is 9.96. The second-order valence-electron chi connectivity index (χ2n) is 3.43. The van der Waals surface area contributed by atoms with Crippen LogP contribution in [0.15, 0.2) is 17.1 Å². The Morgan fingerprint density at radius 3 is 2.87 bits per heavy atom. The van der Waals surface area contributed by atoms with Crippen LogP contribution in [0, 0.1) is 5.92 Å². The Balaban J connectivity index is 2.59. The first-order valence-electron chi connectivity index (χ1n) is 4.59. The fourth-order valence-electron chi connectivity index (χ4n) is 1.51. The van der Waals surface area contributed by atoms with Gasteiger partial charge in [-0.15, -0.1) is 0 Å². The fourth-order valence-corrected chi connectivity index (χ4v) is 1.75. The zero-order valence-corrected chi connectivity index (χ0v) is 9.21. The summed E-state index contributed by atoms with van der Waals surface area (Å²) >= 11 is 5.95. The number of carbonyl (C=O) groups excluding carboxylic acids is 1. The third kappa shape index (κ3) is 1.63. The maximum absolute atomic E-state index is 11.8. The van der Waals surface area contributed by atoms with Crippen LogP contribution in [0.1, 0.15) is 17.3 Å². The molecule has 0 bridgehead atoms. The van der Waals surface area contributed by atoms with Gasteiger partial charge < -0.3 is 4.74 Å². The Morgan fingerprint density at radius 2 is 2.20 bits per heavy atom. The lowest BCUT2D eigenvalue weighted by molar-refractivity contribution is 0.0962. The van der Waals surface area contributed by atoms with Crippen molar-refractivity contribution in [1.82, 2.24) is 0 Å². The van der Waals surface area contributed by atoms with Gasteiger partial charge in [0.25, 0.3) is 0 Å². The van der Waals surface area contributed by atoms with Crippen LogP contribution >= 0.6 is 11.6 Å². The molecule has 4 heteroatoms. The zero-order chi connectivity index (χ0) is 11.0. The largest absolute Gasteiger partial charge is 0.495 e. The van der Waals surface area contributed by atoms with Crippen LogP contribution in [-0.2, 0) is 0 Å². The number of Topliss-reactive ketones (excluding diaryl/α,β-unsaturated/α-hetero) is 1. The van der Waals surface area contributed by atoms with Crippen LogP contribution < -0.4 is 4.74 Å². The highest BCUT2D eigenvalue weighted by Gasteiger charge is 2.22. The number of fused-ring (bicyclic) bond motifs is 1. The fraction of sp³-hybridized carbons (Fsp3) is 0.273. The molecule has 1 heterocycles. The molecule has 0 saturated heterocycles. The Morgan fingerprint density at radius 1 is 1.47 bits per heavy atom. The topological polar surface area (TPSA) is 38.7 Å². The molecule has 0 N–H and O–H groups in total. The highest BCUT2D eigenvalue weighted by atomic mass is 35.5. The number of methoxy groups -OCH3 is 1. The minimum Gasteiger partial charge on any atom is -0.495 e. The van der Waals surface area contributed by atoms with Crippen LogP contribution in [0.25, 0.3) is 0 Å². The summed E-state index contributed by atoms with van der Waals surface area (Å²) in [6.45, 7) is 1.81. The summed E-state index contributed by atoms with van der Waals surface area (Å²) < 4.78 is 5.06. The summed E-state index contributed by atoms with van der Waals surface area (Å²) in [6, 6.07) is 3.29. The number of hydrogen-bond donors (Lipinski definition) is 0. The molecule has 1 unspecified atom stereocenters. The highest BCUT2D eigenvalue weighted by molar-refractivity contribution is 6.33. The molecule has 2 rings (SSSR count). The SMILES string of the molecule is COc1cc2c(cc1Cl)C(=O)C(C)C=N2. The molecular formula is C11H10ClNO2. The lowest BCUT2D eigenvalue weighted by Gasteiger charge is -2.15. The van der Waals surface area contributed by atoms with Gasteiger partial charge in [-0.05, 0) is 6.07 Å². The Bertz CT molecular complexity index is 454. The maximum atomic E-state index is 11.8. The van der Waals surface area contributed by atoms with Crippen molar-refractivity contribution in [3.05, 3.63) is 22.7 Å². The molecule has 0 saturated carbocycles. The van der Waals surface area contributed by atoms with E-state index in [1.165, 1.54) is 7.11 Å². The normalized spacial score (nSPS) is 18.9. The maximum Gasteiger partial charge on any atom is 0.173 e. The van der Waals surface area contributed by atoms with Crippen LogP contribution in [-0.4, -0.2) is 19.1 Å². The Kier molecular flexibility index (Phi) is 2.49. The van der Waals surface area contributed by atoms with E-state index in [0.29, 0.717) is 22.0 Å². The predicted octanol–water partition coefficient (Wildman–Crippen LogP) is 2.88. The summed E-state index contributed by atoms with van der Waals surface area (Å²) in [7, 11) is 1.53. The van der Waals surface area contributed by atoms with Crippen molar-refractivity contribution in [1.29, 1.82) is 0 Å². The number of carbonyl (C=O) groups is 1. The third-order valence-electron chi connectivity index (χ3n) is 2.39. The van der Waals surface area contributed by atoms with Gasteiger partial charge in [0.2, 0.25) is 0 Å². The summed E-state index contributed by atoms with van der Waals surface area (Å²) in [6.07, 6.45) is 1.64. The molecular weight excluding hydrogens is 214 g/mol. The summed E-state index contributed by atoms with van der Waals surface area (Å²) in [5, 5.41) is 0.439. The second kappa shape index (κ2) is 3.66. The van der Waals surface area contributed by atoms with E-state index in [9.17, 15) is 4.79 Å². The third-order valence-corrected chi connectivity index (χ3v) is 2.68. The molecule has 0 amide bonds. The molecule has 1 aliphatic rings. The zero-order valence-electron chi connectivity index (χ0n) is 8.45. The molecule has 3 nitrogen and oxygen atoms in total. The van der Waals surface area contributed by atoms with Crippen molar-refractivity contribution in [3.63, 3.8) is 0 Å². The molecule has 0 spiro atoms. The monoisotopic (exact) mass is 223 g/mol. The van der Waals surface area contributed by atoms with E-state index in [1.807, 2.05) is 6.92 Å². The molecule has 1 aliphatic heterocycles. The highest BCUT2D eigenvalue weighted by Crippen LogP contribution is 2.35. The van der Waals surface area contributed by atoms with Crippen molar-refractivity contribution < 1.29 is 9.53 Å². The van der Waals surface area contributed by atoms with Crippen LogP contribution in [0.5, 0.6) is 5.75 Å². The molecule has 1 atom stereocenters. The number of ketones is 1. The number of nitrogens with zero attached hydrogens (tertiary/aromatic N) is 1. The van der Waals surface area contributed by atoms with Gasteiger partial charge in [-0.25, -0.2) is 0 Å². The van der Waals surface area contributed by atoms with E-state index < -0.39 is 0 Å². The Labute approximate surface area is 92.7 Å². The van der Waals surface area contributed by atoms with Gasteiger partial charge in [-0.2, -0.15) is 0 Å². The summed E-state index contributed by atoms with van der Waals surface area (Å²) in [5.74, 6) is 0.404. The molecule has 0 aromatic heterocycles. The molecule has 1 aromatic rings. The number of rotatable bonds is 1. The number of hydrogen-bond acceptors (Lipinski definition) is 3. The first-order chi connectivity index (χ1) is 7.13. The van der Waals surface area contributed by atoms with E-state index in [2.05, 4.69) is 4.99 Å². The van der Waals surface area contributed by atoms with Crippen molar-refractivity contribution in [2.75, 3.05) is 7.11 Å². The first-order valence-corrected chi connectivity index (χ1v) is 4.97. The smallest absolute Gasteiger partial charge is 0.173 e. The van der Waals surface area contributed by atoms with E-state index in [4.69, 9.17) is 16.3 Å². The lowest BCUT2D eigenvalue weighted by Crippen LogP contribution is -2.16. The average molecular weight is 224 g/mol. The predicted molar refractivity (Wildman–Crippen MR) is 59.7 cm³/mol. The van der Waals surface area contributed by atoms with E-state index in [-0.39, 0.29) is 11.7 Å². The minimum atomic E-state index is -0.179. The van der Waals surface area contributed by atoms with Gasteiger partial charge in [-0.3, -0.25) is 9.79 Å². The average Bonchev–Trinajstić information content (AvgIpc) is 2.24. The van der Waals surface area contributed by atoms with Gasteiger partial charge in [0.15, 0.2) is 5.78 Å². The van der Waals surface area contributed by atoms with Gasteiger partial charge in [0.1, 0.15) is 5.75 Å². The van der Waals surface area contributed by atoms with Crippen molar-refractivity contribution >= 4 is 29.3 Å². The van der Waals surface area contributed by atoms with Crippen molar-refractivity contribution in [2.24, 2.45) is 10.9 Å². The standard InChI is InChI=1S/C11H10ClNO2/c1-6-5-13-9-4-10(15-2)8(12)3-7(9)11(6)14/h3-6H,1-2H3. The second-order valence-corrected chi connectivity index (χ2v) is 3.84. The van der Waals surface area contributed by atoms with Gasteiger partial charge in [0.05, 0.1) is 23.7 Å². The number of halogens is 1. The summed E-state index contributed by atoms with van der Waals surface area (Å²) in [5.41, 5.74) is 1.19. The van der Waals surface area contributed by atoms with E-state index >= 15 is 0 Å². The molecule has 0 aliphatic carbocycles.